The summed E-state index contributed by atoms with van der Waals surface area (Å²) in [5.41, 5.74) is 6.08. The molecule has 0 fully saturated rings. The Morgan fingerprint density at radius 3 is 2.82 bits per heavy atom. The minimum atomic E-state index is -0.734. The van der Waals surface area contributed by atoms with Gasteiger partial charge in [0.15, 0.2) is 5.69 Å². The van der Waals surface area contributed by atoms with Gasteiger partial charge in [0.05, 0.1) is 30.6 Å². The Morgan fingerprint density at radius 1 is 1.26 bits per heavy atom. The summed E-state index contributed by atoms with van der Waals surface area (Å²) in [7, 11) is 0. The summed E-state index contributed by atoms with van der Waals surface area (Å²) in [6.45, 7) is 2.28. The lowest BCUT2D eigenvalue weighted by molar-refractivity contribution is -0.118. The van der Waals surface area contributed by atoms with Crippen molar-refractivity contribution in [3.63, 3.8) is 0 Å². The number of carbonyl (C=O) groups is 1. The maximum atomic E-state index is 13.4. The number of unbranched alkanes of at least 4 members (excludes halogenated alkanes) is 1. The average molecular weight is 481 g/mol. The predicted molar refractivity (Wildman–Crippen MR) is 130 cm³/mol. The van der Waals surface area contributed by atoms with Gasteiger partial charge in [-0.15, -0.1) is 11.3 Å². The summed E-state index contributed by atoms with van der Waals surface area (Å²) < 4.78 is 6.69. The average Bonchev–Trinajstić information content (AvgIpc) is 3.51. The summed E-state index contributed by atoms with van der Waals surface area (Å²) in [6.07, 6.45) is 4.61. The fraction of sp³-hybridized carbons (Fsp3) is 0.261. The molecule has 176 valence electrons. The van der Waals surface area contributed by atoms with Crippen LogP contribution in [-0.2, 0) is 24.3 Å². The molecule has 0 saturated heterocycles. The van der Waals surface area contributed by atoms with Gasteiger partial charge in [0.1, 0.15) is 16.6 Å². The molecule has 4 rings (SSSR count). The normalized spacial score (nSPS) is 11.0. The SMILES string of the molecule is CCCCn1c(N)c(N(Cc2ccco2)C(=O)Cc2csc(-c3ccccn3)n2)c(=O)[nH]c1=O. The molecule has 0 atom stereocenters. The predicted octanol–water partition coefficient (Wildman–Crippen LogP) is 2.81. The van der Waals surface area contributed by atoms with Crippen molar-refractivity contribution in [3.8, 4) is 10.7 Å². The quantitative estimate of drug-likeness (QED) is 0.375. The third-order valence-electron chi connectivity index (χ3n) is 5.18. The van der Waals surface area contributed by atoms with Gasteiger partial charge in [-0.2, -0.15) is 0 Å². The molecule has 3 N–H and O–H groups in total. The van der Waals surface area contributed by atoms with Crippen molar-refractivity contribution in [2.75, 3.05) is 10.6 Å². The molecular formula is C23H24N6O4S. The highest BCUT2D eigenvalue weighted by atomic mass is 32.1. The van der Waals surface area contributed by atoms with Crippen molar-refractivity contribution in [2.45, 2.75) is 39.3 Å². The largest absolute Gasteiger partial charge is 0.467 e. The number of amides is 1. The second-order valence-electron chi connectivity index (χ2n) is 7.59. The van der Waals surface area contributed by atoms with E-state index in [2.05, 4.69) is 15.0 Å². The molecule has 10 nitrogen and oxygen atoms in total. The summed E-state index contributed by atoms with van der Waals surface area (Å²) in [6, 6.07) is 8.90. The number of nitrogens with two attached hydrogens (primary N) is 1. The Morgan fingerprint density at radius 2 is 2.12 bits per heavy atom. The molecule has 1 amide bonds. The lowest BCUT2D eigenvalue weighted by Gasteiger charge is -2.23. The second-order valence-corrected chi connectivity index (χ2v) is 8.45. The Labute approximate surface area is 198 Å². The van der Waals surface area contributed by atoms with Crippen LogP contribution in [0.15, 0.2) is 62.2 Å². The van der Waals surface area contributed by atoms with Crippen molar-refractivity contribution in [3.05, 3.63) is 80.5 Å². The van der Waals surface area contributed by atoms with Crippen LogP contribution in [0.3, 0.4) is 0 Å². The number of carbonyl (C=O) groups excluding carboxylic acids is 1. The smallest absolute Gasteiger partial charge is 0.330 e. The standard InChI is InChI=1S/C23H24N6O4S/c1-2-3-10-28-20(24)19(21(31)27-23(28)32)29(13-16-7-6-11-33-16)18(30)12-15-14-34-22(26-15)17-8-4-5-9-25-17/h4-9,11,14H,2-3,10,12-13,24H2,1H3,(H,27,31,32). The molecule has 0 spiro atoms. The Balaban J connectivity index is 1.69. The number of hydrogen-bond donors (Lipinski definition) is 2. The van der Waals surface area contributed by atoms with Crippen LogP contribution < -0.4 is 21.9 Å². The van der Waals surface area contributed by atoms with Gasteiger partial charge in [0.2, 0.25) is 5.91 Å². The summed E-state index contributed by atoms with van der Waals surface area (Å²) >= 11 is 1.38. The molecule has 0 aliphatic carbocycles. The van der Waals surface area contributed by atoms with Crippen molar-refractivity contribution in [1.82, 2.24) is 19.5 Å². The van der Waals surface area contributed by atoms with Crippen molar-refractivity contribution in [2.24, 2.45) is 0 Å². The lowest BCUT2D eigenvalue weighted by Crippen LogP contribution is -2.41. The van der Waals surface area contributed by atoms with E-state index in [-0.39, 0.29) is 24.5 Å². The first-order valence-electron chi connectivity index (χ1n) is 10.8. The van der Waals surface area contributed by atoms with Gasteiger partial charge in [-0.05, 0) is 30.7 Å². The van der Waals surface area contributed by atoms with E-state index in [1.807, 2.05) is 25.1 Å². The highest BCUT2D eigenvalue weighted by molar-refractivity contribution is 7.13. The molecule has 0 bridgehead atoms. The number of aromatic amines is 1. The van der Waals surface area contributed by atoms with Crippen LogP contribution in [0.25, 0.3) is 10.7 Å². The molecule has 0 unspecified atom stereocenters. The molecule has 34 heavy (non-hydrogen) atoms. The van der Waals surface area contributed by atoms with Crippen molar-refractivity contribution in [1.29, 1.82) is 0 Å². The van der Waals surface area contributed by atoms with Gasteiger partial charge in [-0.1, -0.05) is 19.4 Å². The molecular weight excluding hydrogens is 456 g/mol. The van der Waals surface area contributed by atoms with Crippen LogP contribution in [0.4, 0.5) is 11.5 Å². The molecule has 0 radical (unpaired) electrons. The Kier molecular flexibility index (Phi) is 7.02. The molecule has 4 aromatic heterocycles. The van der Waals surface area contributed by atoms with E-state index in [1.54, 1.807) is 23.7 Å². The zero-order chi connectivity index (χ0) is 24.1. The van der Waals surface area contributed by atoms with E-state index in [1.165, 1.54) is 27.1 Å². The van der Waals surface area contributed by atoms with Gasteiger partial charge >= 0.3 is 5.69 Å². The maximum absolute atomic E-state index is 13.4. The molecule has 0 saturated carbocycles. The number of nitrogens with one attached hydrogen (secondary N) is 1. The van der Waals surface area contributed by atoms with E-state index in [9.17, 15) is 14.4 Å². The fourth-order valence-corrected chi connectivity index (χ4v) is 4.27. The van der Waals surface area contributed by atoms with Gasteiger partial charge < -0.3 is 10.2 Å². The first-order chi connectivity index (χ1) is 16.5. The van der Waals surface area contributed by atoms with Gasteiger partial charge in [-0.25, -0.2) is 9.78 Å². The minimum absolute atomic E-state index is 0.0255. The number of aromatic nitrogens is 4. The number of H-pyrrole nitrogens is 1. The van der Waals surface area contributed by atoms with Crippen LogP contribution in [-0.4, -0.2) is 25.4 Å². The molecule has 4 aromatic rings. The number of anilines is 2. The van der Waals surface area contributed by atoms with E-state index >= 15 is 0 Å². The molecule has 0 aromatic carbocycles. The monoisotopic (exact) mass is 480 g/mol. The Hall–Kier alpha value is -3.99. The summed E-state index contributed by atoms with van der Waals surface area (Å²) in [4.78, 5) is 50.9. The van der Waals surface area contributed by atoms with Gasteiger partial charge in [-0.3, -0.25) is 29.0 Å². The first-order valence-corrected chi connectivity index (χ1v) is 11.7. The van der Waals surface area contributed by atoms with E-state index in [0.717, 1.165) is 6.42 Å². The summed E-state index contributed by atoms with van der Waals surface area (Å²) in [5.74, 6) is -0.00682. The zero-order valence-electron chi connectivity index (χ0n) is 18.6. The molecule has 0 aliphatic rings. The molecule has 4 heterocycles. The van der Waals surface area contributed by atoms with Crippen molar-refractivity contribution >= 4 is 28.7 Å². The molecule has 11 heteroatoms. The highest BCUT2D eigenvalue weighted by Crippen LogP contribution is 2.24. The van der Waals surface area contributed by atoms with Crippen LogP contribution in [0.5, 0.6) is 0 Å². The lowest BCUT2D eigenvalue weighted by atomic mass is 10.2. The number of hydrogen-bond acceptors (Lipinski definition) is 8. The third-order valence-corrected chi connectivity index (χ3v) is 6.10. The minimum Gasteiger partial charge on any atom is -0.467 e. The number of pyridine rings is 1. The third kappa shape index (κ3) is 4.99. The van der Waals surface area contributed by atoms with Crippen molar-refractivity contribution < 1.29 is 9.21 Å². The Bertz CT molecular complexity index is 1370. The topological polar surface area (TPSA) is 140 Å². The fourth-order valence-electron chi connectivity index (χ4n) is 3.47. The molecule has 0 aliphatic heterocycles. The van der Waals surface area contributed by atoms with E-state index < -0.39 is 17.2 Å². The zero-order valence-corrected chi connectivity index (χ0v) is 19.4. The van der Waals surface area contributed by atoms with Gasteiger partial charge in [0.25, 0.3) is 5.56 Å². The second kappa shape index (κ2) is 10.3. The van der Waals surface area contributed by atoms with Crippen LogP contribution in [0, 0.1) is 0 Å². The van der Waals surface area contributed by atoms with E-state index in [4.69, 9.17) is 10.2 Å². The number of nitrogens with zero attached hydrogens (tertiary/aromatic N) is 4. The van der Waals surface area contributed by atoms with Gasteiger partial charge in [0, 0.05) is 18.1 Å². The first kappa shape index (κ1) is 23.2. The van der Waals surface area contributed by atoms with Crippen LogP contribution in [0.1, 0.15) is 31.2 Å². The number of nitrogen functional groups attached to an aromatic ring is 1. The van der Waals surface area contributed by atoms with E-state index in [0.29, 0.717) is 35.1 Å². The number of thiazole rings is 1. The number of furan rings is 1. The maximum Gasteiger partial charge on any atom is 0.330 e. The number of rotatable bonds is 9. The van der Waals surface area contributed by atoms with Crippen LogP contribution in [0.2, 0.25) is 0 Å². The van der Waals surface area contributed by atoms with Crippen LogP contribution >= 0.6 is 11.3 Å². The highest BCUT2D eigenvalue weighted by Gasteiger charge is 2.26. The summed E-state index contributed by atoms with van der Waals surface area (Å²) in [5, 5.41) is 2.47.